The summed E-state index contributed by atoms with van der Waals surface area (Å²) in [4.78, 5) is 24.4. The molecule has 0 spiro atoms. The first-order valence-corrected chi connectivity index (χ1v) is 9.26. The third kappa shape index (κ3) is 5.03. The van der Waals surface area contributed by atoms with Crippen LogP contribution in [0.2, 0.25) is 0 Å². The number of rotatable bonds is 6. The van der Waals surface area contributed by atoms with Crippen LogP contribution in [0.25, 0.3) is 16.8 Å². The van der Waals surface area contributed by atoms with E-state index >= 15 is 0 Å². The number of ether oxygens (including phenoxy) is 2. The maximum absolute atomic E-state index is 12.3. The molecule has 0 aliphatic rings. The van der Waals surface area contributed by atoms with Gasteiger partial charge in [-0.3, -0.25) is 4.79 Å². The zero-order valence-corrected chi connectivity index (χ0v) is 16.6. The molecule has 0 aromatic heterocycles. The Morgan fingerprint density at radius 2 is 1.80 bits per heavy atom. The van der Waals surface area contributed by atoms with Crippen LogP contribution in [0, 0.1) is 11.3 Å². The van der Waals surface area contributed by atoms with E-state index in [0.717, 1.165) is 22.1 Å². The fourth-order valence-electron chi connectivity index (χ4n) is 2.83. The zero-order chi connectivity index (χ0) is 21.5. The highest BCUT2D eigenvalue weighted by Gasteiger charge is 2.17. The molecule has 1 amide bonds. The van der Waals surface area contributed by atoms with Crippen molar-refractivity contribution in [1.82, 2.24) is 0 Å². The summed E-state index contributed by atoms with van der Waals surface area (Å²) in [5, 5.41) is 13.7. The number of nitrogens with one attached hydrogen (secondary N) is 1. The summed E-state index contributed by atoms with van der Waals surface area (Å²) >= 11 is 0. The normalized spacial score (nSPS) is 11.6. The van der Waals surface area contributed by atoms with Crippen LogP contribution < -0.4 is 10.1 Å². The van der Waals surface area contributed by atoms with Gasteiger partial charge in [0.05, 0.1) is 18.4 Å². The van der Waals surface area contributed by atoms with Crippen LogP contribution in [-0.2, 0) is 14.3 Å². The number of esters is 1. The molecule has 1 atom stereocenters. The maximum Gasteiger partial charge on any atom is 0.331 e. The van der Waals surface area contributed by atoms with E-state index in [9.17, 15) is 9.59 Å². The van der Waals surface area contributed by atoms with Crippen molar-refractivity contribution in [2.75, 3.05) is 12.4 Å². The quantitative estimate of drug-likeness (QED) is 0.492. The third-order valence-electron chi connectivity index (χ3n) is 4.45. The molecule has 0 heterocycles. The first kappa shape index (κ1) is 20.6. The summed E-state index contributed by atoms with van der Waals surface area (Å²) in [6, 6.07) is 20.1. The minimum atomic E-state index is -1.02. The predicted octanol–water partition coefficient (Wildman–Crippen LogP) is 4.30. The van der Waals surface area contributed by atoms with Crippen LogP contribution in [0.3, 0.4) is 0 Å². The summed E-state index contributed by atoms with van der Waals surface area (Å²) in [5.74, 6) is -0.376. The van der Waals surface area contributed by atoms with E-state index in [0.29, 0.717) is 11.3 Å². The van der Waals surface area contributed by atoms with Gasteiger partial charge in [0.1, 0.15) is 11.8 Å². The summed E-state index contributed by atoms with van der Waals surface area (Å²) in [6.07, 6.45) is 1.89. The molecule has 0 fully saturated rings. The molecule has 6 nitrogen and oxygen atoms in total. The smallest absolute Gasteiger partial charge is 0.331 e. The lowest BCUT2D eigenvalue weighted by Gasteiger charge is -2.13. The average molecular weight is 400 g/mol. The van der Waals surface area contributed by atoms with E-state index in [4.69, 9.17) is 14.7 Å². The number of para-hydroxylation sites is 1. The minimum Gasteiger partial charge on any atom is -0.497 e. The molecule has 0 unspecified atom stereocenters. The van der Waals surface area contributed by atoms with E-state index in [2.05, 4.69) is 5.32 Å². The lowest BCUT2D eigenvalue weighted by molar-refractivity contribution is -0.148. The van der Waals surface area contributed by atoms with E-state index in [1.54, 1.807) is 37.5 Å². The lowest BCUT2D eigenvalue weighted by Crippen LogP contribution is -2.29. The minimum absolute atomic E-state index is 0.332. The van der Waals surface area contributed by atoms with Crippen LogP contribution in [0.1, 0.15) is 18.1 Å². The SMILES string of the molecule is COc1ccc2cc(/C=C/C(=O)O[C@H](C)C(=O)Nc3ccccc3C#N)ccc2c1. The van der Waals surface area contributed by atoms with Gasteiger partial charge < -0.3 is 14.8 Å². The van der Waals surface area contributed by atoms with Crippen LogP contribution in [-0.4, -0.2) is 25.1 Å². The predicted molar refractivity (Wildman–Crippen MR) is 115 cm³/mol. The largest absolute Gasteiger partial charge is 0.497 e. The zero-order valence-electron chi connectivity index (χ0n) is 16.6. The highest BCUT2D eigenvalue weighted by atomic mass is 16.5. The van der Waals surface area contributed by atoms with Crippen molar-refractivity contribution in [3.63, 3.8) is 0 Å². The highest BCUT2D eigenvalue weighted by Crippen LogP contribution is 2.22. The number of nitriles is 1. The molecule has 0 saturated heterocycles. The Hall–Kier alpha value is -4.11. The average Bonchev–Trinajstić information content (AvgIpc) is 2.77. The number of fused-ring (bicyclic) bond motifs is 1. The molecule has 3 aromatic carbocycles. The number of carbonyl (C=O) groups is 2. The monoisotopic (exact) mass is 400 g/mol. The van der Waals surface area contributed by atoms with E-state index in [1.165, 1.54) is 13.0 Å². The number of benzene rings is 3. The maximum atomic E-state index is 12.3. The first-order chi connectivity index (χ1) is 14.5. The highest BCUT2D eigenvalue weighted by molar-refractivity contribution is 5.97. The Kier molecular flexibility index (Phi) is 6.46. The number of carbonyl (C=O) groups excluding carboxylic acids is 2. The Labute approximate surface area is 174 Å². The van der Waals surface area contributed by atoms with Crippen molar-refractivity contribution in [1.29, 1.82) is 5.26 Å². The van der Waals surface area contributed by atoms with Gasteiger partial charge in [0.15, 0.2) is 6.10 Å². The van der Waals surface area contributed by atoms with Gasteiger partial charge in [-0.1, -0.05) is 30.3 Å². The van der Waals surface area contributed by atoms with Gasteiger partial charge >= 0.3 is 5.97 Å². The third-order valence-corrected chi connectivity index (χ3v) is 4.45. The summed E-state index contributed by atoms with van der Waals surface area (Å²) in [5.41, 5.74) is 1.53. The molecule has 6 heteroatoms. The number of methoxy groups -OCH3 is 1. The standard InChI is InChI=1S/C24H20N2O4/c1-16(24(28)26-22-6-4-3-5-20(22)15-25)30-23(27)12-8-17-7-9-19-14-21(29-2)11-10-18(19)13-17/h3-14,16H,1-2H3,(H,26,28)/b12-8+/t16-/m1/s1. The second-order valence-corrected chi connectivity index (χ2v) is 6.53. The molecule has 0 aliphatic carbocycles. The fourth-order valence-corrected chi connectivity index (χ4v) is 2.83. The summed E-state index contributed by atoms with van der Waals surface area (Å²) in [7, 11) is 1.62. The number of amides is 1. The van der Waals surface area contributed by atoms with Gasteiger partial charge in [0.25, 0.3) is 5.91 Å². The molecule has 0 radical (unpaired) electrons. The number of hydrogen-bond donors (Lipinski definition) is 1. The Balaban J connectivity index is 1.61. The molecular formula is C24H20N2O4. The van der Waals surface area contributed by atoms with Crippen molar-refractivity contribution in [3.8, 4) is 11.8 Å². The topological polar surface area (TPSA) is 88.4 Å². The molecule has 30 heavy (non-hydrogen) atoms. The van der Waals surface area contributed by atoms with Crippen LogP contribution in [0.15, 0.2) is 66.7 Å². The van der Waals surface area contributed by atoms with E-state index < -0.39 is 18.0 Å². The van der Waals surface area contributed by atoms with Gasteiger partial charge in [0, 0.05) is 6.08 Å². The lowest BCUT2D eigenvalue weighted by atomic mass is 10.1. The van der Waals surface area contributed by atoms with E-state index in [1.807, 2.05) is 42.5 Å². The van der Waals surface area contributed by atoms with Crippen molar-refractivity contribution in [2.45, 2.75) is 13.0 Å². The molecule has 0 aliphatic heterocycles. The molecule has 0 saturated carbocycles. The molecule has 150 valence electrons. The Morgan fingerprint density at radius 3 is 2.57 bits per heavy atom. The van der Waals surface area contributed by atoms with Gasteiger partial charge in [-0.15, -0.1) is 0 Å². The Morgan fingerprint density at radius 1 is 1.07 bits per heavy atom. The second-order valence-electron chi connectivity index (χ2n) is 6.53. The number of nitrogens with zero attached hydrogens (tertiary/aromatic N) is 1. The van der Waals surface area contributed by atoms with Crippen LogP contribution in [0.4, 0.5) is 5.69 Å². The molecule has 1 N–H and O–H groups in total. The van der Waals surface area contributed by atoms with Gasteiger partial charge in [-0.25, -0.2) is 4.79 Å². The molecule has 3 rings (SSSR count). The van der Waals surface area contributed by atoms with Crippen molar-refractivity contribution >= 4 is 34.4 Å². The van der Waals surface area contributed by atoms with Crippen LogP contribution in [0.5, 0.6) is 5.75 Å². The first-order valence-electron chi connectivity index (χ1n) is 9.26. The van der Waals surface area contributed by atoms with Crippen molar-refractivity contribution in [3.05, 3.63) is 77.9 Å². The summed E-state index contributed by atoms with van der Waals surface area (Å²) < 4.78 is 10.4. The number of anilines is 1. The molecule has 3 aromatic rings. The van der Waals surface area contributed by atoms with Gasteiger partial charge in [-0.05, 0) is 59.7 Å². The summed E-state index contributed by atoms with van der Waals surface area (Å²) in [6.45, 7) is 1.47. The fraction of sp³-hybridized carbons (Fsp3) is 0.125. The molecular weight excluding hydrogens is 380 g/mol. The Bertz CT molecular complexity index is 1160. The van der Waals surface area contributed by atoms with Crippen molar-refractivity contribution < 1.29 is 19.1 Å². The molecule has 0 bridgehead atoms. The van der Waals surface area contributed by atoms with Crippen molar-refractivity contribution in [2.24, 2.45) is 0 Å². The number of hydrogen-bond acceptors (Lipinski definition) is 5. The van der Waals surface area contributed by atoms with Crippen LogP contribution >= 0.6 is 0 Å². The van der Waals surface area contributed by atoms with Gasteiger partial charge in [0.2, 0.25) is 0 Å². The van der Waals surface area contributed by atoms with Gasteiger partial charge in [-0.2, -0.15) is 5.26 Å². The van der Waals surface area contributed by atoms with E-state index in [-0.39, 0.29) is 0 Å². The second kappa shape index (κ2) is 9.39.